The number of fused-ring (bicyclic) bond motifs is 1. The Morgan fingerprint density at radius 1 is 1.08 bits per heavy atom. The highest BCUT2D eigenvalue weighted by atomic mass is 32.2. The first-order valence-corrected chi connectivity index (χ1v) is 13.8. The number of benzene rings is 1. The Bertz CT molecular complexity index is 1590. The summed E-state index contributed by atoms with van der Waals surface area (Å²) >= 11 is 0. The lowest BCUT2D eigenvalue weighted by atomic mass is 9.76. The summed E-state index contributed by atoms with van der Waals surface area (Å²) in [6.45, 7) is 1.84. The maximum Gasteiger partial charge on any atom is 0.270 e. The summed E-state index contributed by atoms with van der Waals surface area (Å²) < 4.78 is 53.2. The van der Waals surface area contributed by atoms with E-state index in [0.29, 0.717) is 18.4 Å². The Kier molecular flexibility index (Phi) is 7.77. The van der Waals surface area contributed by atoms with Crippen molar-refractivity contribution < 1.29 is 31.6 Å². The molecule has 1 aromatic carbocycles. The Morgan fingerprint density at radius 3 is 2.41 bits per heavy atom. The standard InChI is InChI=1S/C25H26F2N6O5S/c1-25(24(36)32-39(2,37)38)9-7-16(8-10-25)13-29-23(35)20-11-19(31-21-18(27)14-30-33(20)21)22(34)28-12-15-3-5-17(26)6-4-15/h3-7,11,14H,8-10,12-13H2,1-2H3,(H,28,34)(H,29,35)(H,32,36). The lowest BCUT2D eigenvalue weighted by Gasteiger charge is -2.31. The number of carbonyl (C=O) groups excluding carboxylic acids is 3. The van der Waals surface area contributed by atoms with Crippen LogP contribution in [-0.4, -0.2) is 53.5 Å². The summed E-state index contributed by atoms with van der Waals surface area (Å²) in [7, 11) is -3.68. The molecule has 0 bridgehead atoms. The van der Waals surface area contributed by atoms with Crippen LogP contribution in [0.3, 0.4) is 0 Å². The van der Waals surface area contributed by atoms with Gasteiger partial charge in [0.15, 0.2) is 11.5 Å². The highest BCUT2D eigenvalue weighted by molar-refractivity contribution is 7.89. The van der Waals surface area contributed by atoms with E-state index >= 15 is 0 Å². The van der Waals surface area contributed by atoms with Crippen molar-refractivity contribution in [2.24, 2.45) is 5.41 Å². The fraction of sp³-hybridized carbons (Fsp3) is 0.320. The van der Waals surface area contributed by atoms with Crippen molar-refractivity contribution >= 4 is 33.4 Å². The lowest BCUT2D eigenvalue weighted by Crippen LogP contribution is -2.42. The van der Waals surface area contributed by atoms with Gasteiger partial charge >= 0.3 is 0 Å². The van der Waals surface area contributed by atoms with Crippen LogP contribution in [0.4, 0.5) is 8.78 Å². The molecule has 4 rings (SSSR count). The van der Waals surface area contributed by atoms with Gasteiger partial charge in [-0.1, -0.05) is 30.7 Å². The molecule has 0 aliphatic heterocycles. The summed E-state index contributed by atoms with van der Waals surface area (Å²) in [5.74, 6) is -3.13. The number of allylic oxidation sites excluding steroid dienone is 1. The Hall–Kier alpha value is -4.20. The summed E-state index contributed by atoms with van der Waals surface area (Å²) in [5.41, 5.74) is -0.0917. The minimum Gasteiger partial charge on any atom is -0.347 e. The van der Waals surface area contributed by atoms with Crippen LogP contribution in [0, 0.1) is 17.0 Å². The second kappa shape index (κ2) is 10.9. The minimum absolute atomic E-state index is 0.0601. The quantitative estimate of drug-likeness (QED) is 0.356. The molecule has 206 valence electrons. The molecule has 1 unspecified atom stereocenters. The van der Waals surface area contributed by atoms with Crippen molar-refractivity contribution in [2.45, 2.75) is 32.7 Å². The van der Waals surface area contributed by atoms with Gasteiger partial charge in [-0.25, -0.2) is 26.7 Å². The van der Waals surface area contributed by atoms with Crippen LogP contribution >= 0.6 is 0 Å². The number of rotatable bonds is 8. The monoisotopic (exact) mass is 560 g/mol. The van der Waals surface area contributed by atoms with Crippen LogP contribution in [0.5, 0.6) is 0 Å². The molecule has 1 aliphatic carbocycles. The van der Waals surface area contributed by atoms with Gasteiger partial charge in [-0.05, 0) is 37.0 Å². The van der Waals surface area contributed by atoms with Crippen molar-refractivity contribution in [3.05, 3.63) is 76.8 Å². The van der Waals surface area contributed by atoms with E-state index in [1.807, 2.05) is 4.72 Å². The number of amides is 3. The van der Waals surface area contributed by atoms with Gasteiger partial charge in [0.1, 0.15) is 17.2 Å². The number of hydrogen-bond acceptors (Lipinski definition) is 7. The Morgan fingerprint density at radius 2 is 1.77 bits per heavy atom. The van der Waals surface area contributed by atoms with Crippen LogP contribution in [0.2, 0.25) is 0 Å². The van der Waals surface area contributed by atoms with Gasteiger partial charge < -0.3 is 10.6 Å². The number of halogens is 2. The molecule has 0 fully saturated rings. The van der Waals surface area contributed by atoms with Crippen molar-refractivity contribution in [1.82, 2.24) is 30.0 Å². The molecular formula is C25H26F2N6O5S. The fourth-order valence-electron chi connectivity index (χ4n) is 4.04. The first kappa shape index (κ1) is 27.8. The molecule has 0 saturated heterocycles. The smallest absolute Gasteiger partial charge is 0.270 e. The fourth-order valence-corrected chi connectivity index (χ4v) is 4.63. The highest BCUT2D eigenvalue weighted by Crippen LogP contribution is 2.35. The van der Waals surface area contributed by atoms with Crippen molar-refractivity contribution in [1.29, 1.82) is 0 Å². The maximum absolute atomic E-state index is 14.3. The third-order valence-electron chi connectivity index (χ3n) is 6.40. The van der Waals surface area contributed by atoms with Gasteiger partial charge in [0, 0.05) is 19.2 Å². The number of aromatic nitrogens is 3. The molecule has 39 heavy (non-hydrogen) atoms. The van der Waals surface area contributed by atoms with Crippen LogP contribution in [0.1, 0.15) is 52.7 Å². The maximum atomic E-state index is 14.3. The van der Waals surface area contributed by atoms with Crippen LogP contribution < -0.4 is 15.4 Å². The van der Waals surface area contributed by atoms with E-state index in [9.17, 15) is 31.6 Å². The second-order valence-corrected chi connectivity index (χ2v) is 11.3. The molecule has 11 nitrogen and oxygen atoms in total. The summed E-state index contributed by atoms with van der Waals surface area (Å²) in [5, 5.41) is 9.16. The van der Waals surface area contributed by atoms with Gasteiger partial charge in [-0.15, -0.1) is 0 Å². The topological polar surface area (TPSA) is 152 Å². The molecule has 0 radical (unpaired) electrons. The molecule has 2 aromatic heterocycles. The van der Waals surface area contributed by atoms with E-state index in [-0.39, 0.29) is 36.5 Å². The van der Waals surface area contributed by atoms with E-state index in [0.717, 1.165) is 22.5 Å². The molecule has 14 heteroatoms. The SMILES string of the molecule is CC1(C(=O)NS(C)(=O)=O)CC=C(CNC(=O)c2cc(C(=O)NCc3ccc(F)cc3)nc3c(F)cnn23)CC1. The van der Waals surface area contributed by atoms with Crippen molar-refractivity contribution in [3.63, 3.8) is 0 Å². The van der Waals surface area contributed by atoms with Crippen LogP contribution in [-0.2, 0) is 21.4 Å². The van der Waals surface area contributed by atoms with Gasteiger partial charge in [-0.2, -0.15) is 5.10 Å². The number of nitrogens with one attached hydrogen (secondary N) is 3. The average molecular weight is 561 g/mol. The molecule has 3 amide bonds. The van der Waals surface area contributed by atoms with E-state index in [1.54, 1.807) is 13.0 Å². The first-order chi connectivity index (χ1) is 18.3. The van der Waals surface area contributed by atoms with E-state index in [1.165, 1.54) is 30.3 Å². The molecule has 0 spiro atoms. The number of hydrogen-bond donors (Lipinski definition) is 3. The van der Waals surface area contributed by atoms with Crippen molar-refractivity contribution in [3.8, 4) is 0 Å². The summed E-state index contributed by atoms with van der Waals surface area (Å²) in [4.78, 5) is 42.1. The van der Waals surface area contributed by atoms with Crippen LogP contribution in [0.25, 0.3) is 5.65 Å². The number of carbonyl (C=O) groups is 3. The Balaban J connectivity index is 1.45. The molecule has 1 aliphatic rings. The predicted octanol–water partition coefficient (Wildman–Crippen LogP) is 1.86. The molecule has 2 heterocycles. The average Bonchev–Trinajstić information content (AvgIpc) is 3.26. The highest BCUT2D eigenvalue weighted by Gasteiger charge is 2.36. The molecule has 3 N–H and O–H groups in total. The minimum atomic E-state index is -3.68. The Labute approximate surface area is 222 Å². The zero-order valence-corrected chi connectivity index (χ0v) is 21.9. The third-order valence-corrected chi connectivity index (χ3v) is 6.96. The third kappa shape index (κ3) is 6.63. The number of nitrogens with zero attached hydrogens (tertiary/aromatic N) is 3. The number of sulfonamides is 1. The largest absolute Gasteiger partial charge is 0.347 e. The lowest BCUT2D eigenvalue weighted by molar-refractivity contribution is -0.128. The van der Waals surface area contributed by atoms with E-state index in [2.05, 4.69) is 20.7 Å². The summed E-state index contributed by atoms with van der Waals surface area (Å²) in [6, 6.07) is 6.70. The van der Waals surface area contributed by atoms with Gasteiger partial charge in [0.25, 0.3) is 11.8 Å². The van der Waals surface area contributed by atoms with Gasteiger partial charge in [0.2, 0.25) is 15.9 Å². The molecule has 1 atom stereocenters. The molecule has 3 aromatic rings. The second-order valence-electron chi connectivity index (χ2n) is 9.58. The zero-order valence-electron chi connectivity index (χ0n) is 21.1. The normalized spacial score (nSPS) is 17.4. The predicted molar refractivity (Wildman–Crippen MR) is 136 cm³/mol. The van der Waals surface area contributed by atoms with E-state index in [4.69, 9.17) is 0 Å². The molecular weight excluding hydrogens is 534 g/mol. The van der Waals surface area contributed by atoms with E-state index < -0.39 is 44.8 Å². The van der Waals surface area contributed by atoms with Crippen LogP contribution in [0.15, 0.2) is 48.2 Å². The van der Waals surface area contributed by atoms with Gasteiger partial charge in [-0.3, -0.25) is 19.1 Å². The zero-order chi connectivity index (χ0) is 28.4. The first-order valence-electron chi connectivity index (χ1n) is 11.9. The summed E-state index contributed by atoms with van der Waals surface area (Å²) in [6.07, 6.45) is 4.66. The van der Waals surface area contributed by atoms with Gasteiger partial charge in [0.05, 0.1) is 17.9 Å². The molecule has 0 saturated carbocycles. The van der Waals surface area contributed by atoms with Crippen molar-refractivity contribution in [2.75, 3.05) is 12.8 Å².